The van der Waals surface area contributed by atoms with Crippen LogP contribution in [0.4, 0.5) is 5.82 Å². The van der Waals surface area contributed by atoms with Crippen molar-refractivity contribution < 1.29 is 4.79 Å². The zero-order valence-electron chi connectivity index (χ0n) is 15.9. The molecular formula is C22H21ClN4OS. The Morgan fingerprint density at radius 3 is 2.79 bits per heavy atom. The second-order valence-corrected chi connectivity index (χ2v) is 8.55. The van der Waals surface area contributed by atoms with Crippen LogP contribution in [0.25, 0.3) is 22.0 Å². The predicted molar refractivity (Wildman–Crippen MR) is 120 cm³/mol. The van der Waals surface area contributed by atoms with Crippen LogP contribution in [0.3, 0.4) is 0 Å². The first-order valence-corrected chi connectivity index (χ1v) is 10.6. The van der Waals surface area contributed by atoms with Crippen molar-refractivity contribution in [3.8, 4) is 11.1 Å². The van der Waals surface area contributed by atoms with E-state index in [1.807, 2.05) is 43.3 Å². The van der Waals surface area contributed by atoms with Crippen molar-refractivity contribution in [1.82, 2.24) is 15.5 Å². The minimum atomic E-state index is -0.132. The smallest absolute Gasteiger partial charge is 0.220 e. The number of carbonyl (C=O) groups is 1. The van der Waals surface area contributed by atoms with E-state index in [0.29, 0.717) is 23.0 Å². The van der Waals surface area contributed by atoms with Gasteiger partial charge in [0.2, 0.25) is 5.91 Å². The highest BCUT2D eigenvalue weighted by atomic mass is 35.5. The zero-order valence-corrected chi connectivity index (χ0v) is 17.5. The third-order valence-electron chi connectivity index (χ3n) is 4.89. The topological polar surface area (TPSA) is 83.8 Å². The monoisotopic (exact) mass is 424 g/mol. The number of benzene rings is 2. The van der Waals surface area contributed by atoms with Crippen LogP contribution in [0, 0.1) is 0 Å². The summed E-state index contributed by atoms with van der Waals surface area (Å²) < 4.78 is 0.690. The molecule has 148 valence electrons. The summed E-state index contributed by atoms with van der Waals surface area (Å²) in [6, 6.07) is 18.0. The van der Waals surface area contributed by atoms with Crippen molar-refractivity contribution in [1.29, 1.82) is 0 Å². The molecule has 0 aliphatic heterocycles. The summed E-state index contributed by atoms with van der Waals surface area (Å²) >= 11 is 8.11. The van der Waals surface area contributed by atoms with Gasteiger partial charge in [-0.2, -0.15) is 5.10 Å². The maximum Gasteiger partial charge on any atom is 0.220 e. The third-order valence-corrected chi connectivity index (χ3v) is 6.36. The van der Waals surface area contributed by atoms with Crippen molar-refractivity contribution in [3.63, 3.8) is 0 Å². The molecule has 1 unspecified atom stereocenters. The Kier molecular flexibility index (Phi) is 5.56. The number of anilines is 1. The molecule has 2 heterocycles. The van der Waals surface area contributed by atoms with Crippen molar-refractivity contribution in [2.75, 3.05) is 5.73 Å². The summed E-state index contributed by atoms with van der Waals surface area (Å²) in [7, 11) is 0. The highest BCUT2D eigenvalue weighted by Gasteiger charge is 2.20. The van der Waals surface area contributed by atoms with Crippen LogP contribution in [-0.2, 0) is 11.2 Å². The average Bonchev–Trinajstić information content (AvgIpc) is 3.30. The Morgan fingerprint density at radius 1 is 1.24 bits per heavy atom. The molecule has 0 saturated heterocycles. The Balaban J connectivity index is 1.69. The Hall–Kier alpha value is -2.83. The number of nitrogens with two attached hydrogens (primary N) is 1. The van der Waals surface area contributed by atoms with Crippen molar-refractivity contribution in [3.05, 3.63) is 69.4 Å². The molecule has 4 N–H and O–H groups in total. The summed E-state index contributed by atoms with van der Waals surface area (Å²) in [4.78, 5) is 13.2. The van der Waals surface area contributed by atoms with Crippen LogP contribution in [0.15, 0.2) is 54.6 Å². The number of carbonyl (C=O) groups excluding carboxylic acids is 1. The molecule has 0 radical (unpaired) electrons. The fraction of sp³-hybridized carbons (Fsp3) is 0.182. The first kappa shape index (κ1) is 19.5. The quantitative estimate of drug-likeness (QED) is 0.390. The number of amides is 1. The number of halogens is 1. The van der Waals surface area contributed by atoms with Gasteiger partial charge in [-0.05, 0) is 35.7 Å². The minimum Gasteiger partial charge on any atom is -0.382 e. The number of hydrogen-bond acceptors (Lipinski definition) is 4. The number of H-pyrrole nitrogens is 1. The predicted octanol–water partition coefficient (Wildman–Crippen LogP) is 5.34. The fourth-order valence-corrected chi connectivity index (χ4v) is 4.72. The summed E-state index contributed by atoms with van der Waals surface area (Å²) in [5.74, 6) is 0.500. The van der Waals surface area contributed by atoms with E-state index in [1.54, 1.807) is 0 Å². The van der Waals surface area contributed by atoms with Crippen LogP contribution in [0.2, 0.25) is 4.34 Å². The molecule has 1 amide bonds. The van der Waals surface area contributed by atoms with E-state index in [4.69, 9.17) is 17.3 Å². The number of nitrogens with one attached hydrogen (secondary N) is 2. The molecule has 7 heteroatoms. The molecule has 2 aromatic carbocycles. The molecule has 1 atom stereocenters. The molecule has 29 heavy (non-hydrogen) atoms. The van der Waals surface area contributed by atoms with E-state index in [9.17, 15) is 4.79 Å². The van der Waals surface area contributed by atoms with Gasteiger partial charge in [-0.1, -0.05) is 54.9 Å². The Morgan fingerprint density at radius 2 is 2.03 bits per heavy atom. The first-order valence-electron chi connectivity index (χ1n) is 9.41. The Labute approximate surface area is 177 Å². The molecule has 4 aromatic rings. The van der Waals surface area contributed by atoms with Crippen molar-refractivity contribution in [2.45, 2.75) is 25.8 Å². The van der Waals surface area contributed by atoms with Crippen LogP contribution >= 0.6 is 22.9 Å². The highest BCUT2D eigenvalue weighted by molar-refractivity contribution is 7.16. The average molecular weight is 425 g/mol. The largest absolute Gasteiger partial charge is 0.382 e. The maximum absolute atomic E-state index is 12.1. The fourth-order valence-electron chi connectivity index (χ4n) is 3.33. The summed E-state index contributed by atoms with van der Waals surface area (Å²) in [6.07, 6.45) is 1.15. The lowest BCUT2D eigenvalue weighted by Crippen LogP contribution is -2.28. The number of fused-ring (bicyclic) bond motifs is 1. The van der Waals surface area contributed by atoms with Gasteiger partial charge in [0.25, 0.3) is 0 Å². The SMILES string of the molecule is CCC(=O)NC(Cc1ccccc1)c1cc(-c2ccc3c(N)n[nH]c3c2)c(Cl)s1. The van der Waals surface area contributed by atoms with Gasteiger partial charge in [0, 0.05) is 22.2 Å². The number of thiophene rings is 1. The van der Waals surface area contributed by atoms with E-state index in [2.05, 4.69) is 33.7 Å². The van der Waals surface area contributed by atoms with E-state index in [0.717, 1.165) is 32.5 Å². The van der Waals surface area contributed by atoms with Gasteiger partial charge < -0.3 is 11.1 Å². The molecule has 0 spiro atoms. The maximum atomic E-state index is 12.1. The number of nitrogen functional groups attached to an aromatic ring is 1. The van der Waals surface area contributed by atoms with Gasteiger partial charge in [-0.15, -0.1) is 11.3 Å². The molecule has 0 bridgehead atoms. The van der Waals surface area contributed by atoms with Gasteiger partial charge in [0.1, 0.15) is 4.34 Å². The number of aromatic amines is 1. The number of nitrogens with zero attached hydrogens (tertiary/aromatic N) is 1. The second-order valence-electron chi connectivity index (χ2n) is 6.87. The van der Waals surface area contributed by atoms with Gasteiger partial charge in [-0.25, -0.2) is 0 Å². The third kappa shape index (κ3) is 4.13. The molecule has 0 aliphatic carbocycles. The Bertz CT molecular complexity index is 1150. The number of rotatable bonds is 6. The molecule has 4 rings (SSSR count). The lowest BCUT2D eigenvalue weighted by molar-refractivity contribution is -0.121. The lowest BCUT2D eigenvalue weighted by atomic mass is 10.0. The summed E-state index contributed by atoms with van der Waals surface area (Å²) in [5.41, 5.74) is 9.81. The summed E-state index contributed by atoms with van der Waals surface area (Å²) in [5, 5.41) is 11.0. The van der Waals surface area contributed by atoms with Crippen LogP contribution < -0.4 is 11.1 Å². The highest BCUT2D eigenvalue weighted by Crippen LogP contribution is 2.40. The van der Waals surface area contributed by atoms with Gasteiger partial charge in [0.05, 0.1) is 11.6 Å². The van der Waals surface area contributed by atoms with E-state index >= 15 is 0 Å². The molecule has 5 nitrogen and oxygen atoms in total. The van der Waals surface area contributed by atoms with Crippen LogP contribution in [-0.4, -0.2) is 16.1 Å². The van der Waals surface area contributed by atoms with Gasteiger partial charge >= 0.3 is 0 Å². The van der Waals surface area contributed by atoms with E-state index < -0.39 is 0 Å². The normalized spacial score (nSPS) is 12.2. The molecule has 0 fully saturated rings. The first-order chi connectivity index (χ1) is 14.0. The lowest BCUT2D eigenvalue weighted by Gasteiger charge is -2.17. The standard InChI is InChI=1S/C22H21ClN4OS/c1-2-20(28)25-18(10-13-6-4-3-5-7-13)19-12-16(21(23)29-19)14-8-9-15-17(11-14)26-27-22(15)24/h3-9,11-12,18H,2,10H2,1H3,(H,25,28)(H3,24,26,27). The van der Waals surface area contributed by atoms with Crippen LogP contribution in [0.5, 0.6) is 0 Å². The van der Waals surface area contributed by atoms with E-state index in [-0.39, 0.29) is 11.9 Å². The minimum absolute atomic E-state index is 0.0198. The van der Waals surface area contributed by atoms with Crippen molar-refractivity contribution >= 4 is 45.6 Å². The molecule has 0 aliphatic rings. The van der Waals surface area contributed by atoms with E-state index in [1.165, 1.54) is 11.3 Å². The molecule has 2 aromatic heterocycles. The molecular weight excluding hydrogens is 404 g/mol. The van der Waals surface area contributed by atoms with Crippen molar-refractivity contribution in [2.24, 2.45) is 0 Å². The van der Waals surface area contributed by atoms with Gasteiger partial charge in [-0.3, -0.25) is 9.89 Å². The second kappa shape index (κ2) is 8.27. The number of aromatic nitrogens is 2. The summed E-state index contributed by atoms with van der Waals surface area (Å²) in [6.45, 7) is 1.85. The zero-order chi connectivity index (χ0) is 20.4. The van der Waals surface area contributed by atoms with Gasteiger partial charge in [0.15, 0.2) is 5.82 Å². The van der Waals surface area contributed by atoms with Crippen LogP contribution in [0.1, 0.15) is 29.8 Å². The number of hydrogen-bond donors (Lipinski definition) is 3. The molecule has 0 saturated carbocycles.